The Labute approximate surface area is 181 Å². The number of thioether (sulfide) groups is 1. The van der Waals surface area contributed by atoms with Crippen LogP contribution in [-0.4, -0.2) is 45.1 Å². The zero-order valence-electron chi connectivity index (χ0n) is 15.9. The van der Waals surface area contributed by atoms with Gasteiger partial charge in [0.1, 0.15) is 6.54 Å². The summed E-state index contributed by atoms with van der Waals surface area (Å²) in [6.45, 7) is -0.356. The molecule has 0 bridgehead atoms. The summed E-state index contributed by atoms with van der Waals surface area (Å²) in [5, 5.41) is 11.0. The van der Waals surface area contributed by atoms with Gasteiger partial charge in [0.05, 0.1) is 11.1 Å². The van der Waals surface area contributed by atoms with Crippen LogP contribution in [0.3, 0.4) is 0 Å². The van der Waals surface area contributed by atoms with E-state index in [0.29, 0.717) is 16.3 Å². The Morgan fingerprint density at radius 2 is 1.63 bits per heavy atom. The quantitative estimate of drug-likeness (QED) is 0.250. The number of rotatable bonds is 8. The van der Waals surface area contributed by atoms with Gasteiger partial charge in [-0.3, -0.25) is 24.6 Å². The Morgan fingerprint density at radius 1 is 0.967 bits per heavy atom. The summed E-state index contributed by atoms with van der Waals surface area (Å²) in [6.07, 6.45) is 2.01. The number of fused-ring (bicyclic) bond motifs is 1. The van der Waals surface area contributed by atoms with E-state index in [1.807, 2.05) is 18.2 Å². The molecule has 2 aromatic carbocycles. The molecule has 0 spiro atoms. The highest BCUT2D eigenvalue weighted by Gasteiger charge is 2.36. The lowest BCUT2D eigenvalue weighted by molar-refractivity contribution is -0.116. The van der Waals surface area contributed by atoms with E-state index >= 15 is 0 Å². The fourth-order valence-electron chi connectivity index (χ4n) is 3.08. The first-order valence-electron chi connectivity index (χ1n) is 9.37. The summed E-state index contributed by atoms with van der Waals surface area (Å²) in [7, 11) is 0. The molecule has 0 radical (unpaired) electrons. The molecule has 3 amide bonds. The molecule has 1 aromatic heterocycles. The Morgan fingerprint density at radius 3 is 2.33 bits per heavy atom. The zero-order chi connectivity index (χ0) is 20.9. The molecule has 1 aliphatic heterocycles. The van der Waals surface area contributed by atoms with Gasteiger partial charge in [-0.1, -0.05) is 65.6 Å². The van der Waals surface area contributed by atoms with Gasteiger partial charge in [-0.05, 0) is 30.5 Å². The first-order chi connectivity index (χ1) is 14.6. The van der Waals surface area contributed by atoms with Crippen molar-refractivity contribution in [1.29, 1.82) is 0 Å². The molecule has 2 heterocycles. The zero-order valence-corrected chi connectivity index (χ0v) is 17.5. The average Bonchev–Trinajstić information content (AvgIpc) is 3.30. The lowest BCUT2D eigenvalue weighted by Crippen LogP contribution is -2.37. The number of aromatic nitrogens is 2. The minimum absolute atomic E-state index is 0.320. The van der Waals surface area contributed by atoms with E-state index in [-0.39, 0.29) is 6.54 Å². The Bertz CT molecular complexity index is 1050. The van der Waals surface area contributed by atoms with Crippen LogP contribution in [0.25, 0.3) is 0 Å². The van der Waals surface area contributed by atoms with Crippen LogP contribution in [0.1, 0.15) is 32.7 Å². The molecule has 0 saturated carbocycles. The smallest absolute Gasteiger partial charge is 0.262 e. The number of benzene rings is 2. The normalized spacial score (nSPS) is 12.9. The summed E-state index contributed by atoms with van der Waals surface area (Å²) in [4.78, 5) is 37.9. The first-order valence-corrected chi connectivity index (χ1v) is 11.2. The monoisotopic (exact) mass is 438 g/mol. The molecule has 0 aliphatic carbocycles. The minimum Gasteiger partial charge on any atom is -0.299 e. The van der Waals surface area contributed by atoms with Crippen LogP contribution in [0.5, 0.6) is 0 Å². The van der Waals surface area contributed by atoms with Gasteiger partial charge in [-0.15, -0.1) is 10.2 Å². The average molecular weight is 439 g/mol. The third-order valence-corrected chi connectivity index (χ3v) is 6.57. The number of aryl methyl sites for hydroxylation is 1. The molecule has 4 rings (SSSR count). The molecule has 3 aromatic rings. The molecule has 0 atom stereocenters. The number of hydrogen-bond donors (Lipinski definition) is 1. The van der Waals surface area contributed by atoms with E-state index in [1.165, 1.54) is 16.9 Å². The minimum atomic E-state index is -0.485. The summed E-state index contributed by atoms with van der Waals surface area (Å²) in [6, 6.07) is 16.8. The molecular formula is C21H18N4O3S2. The van der Waals surface area contributed by atoms with E-state index in [0.717, 1.165) is 27.8 Å². The molecule has 7 nitrogen and oxygen atoms in total. The number of carbonyl (C=O) groups excluding carboxylic acids is 3. The predicted octanol–water partition coefficient (Wildman–Crippen LogP) is 3.50. The van der Waals surface area contributed by atoms with E-state index in [4.69, 9.17) is 0 Å². The van der Waals surface area contributed by atoms with Crippen LogP contribution < -0.4 is 5.32 Å². The fourth-order valence-corrected chi connectivity index (χ4v) is 4.86. The van der Waals surface area contributed by atoms with Crippen molar-refractivity contribution < 1.29 is 14.4 Å². The van der Waals surface area contributed by atoms with Gasteiger partial charge in [-0.25, -0.2) is 0 Å². The van der Waals surface area contributed by atoms with Gasteiger partial charge in [0.15, 0.2) is 4.34 Å². The molecule has 1 N–H and O–H groups in total. The number of hydrogen-bond acceptors (Lipinski definition) is 7. The van der Waals surface area contributed by atoms with Crippen molar-refractivity contribution in [3.63, 3.8) is 0 Å². The number of amides is 3. The van der Waals surface area contributed by atoms with Gasteiger partial charge >= 0.3 is 0 Å². The summed E-state index contributed by atoms with van der Waals surface area (Å²) in [5.74, 6) is -0.511. The SMILES string of the molecule is O=C(CN1C(=O)c2ccccc2C1=O)Nc1nnc(SCCCc2ccccc2)s1. The summed E-state index contributed by atoms with van der Waals surface area (Å²) in [5.41, 5.74) is 1.94. The van der Waals surface area contributed by atoms with Gasteiger partial charge in [0, 0.05) is 5.75 Å². The predicted molar refractivity (Wildman–Crippen MR) is 116 cm³/mol. The van der Waals surface area contributed by atoms with E-state index in [9.17, 15) is 14.4 Å². The first kappa shape index (κ1) is 20.2. The van der Waals surface area contributed by atoms with Crippen molar-refractivity contribution in [3.05, 3.63) is 71.3 Å². The van der Waals surface area contributed by atoms with Crippen molar-refractivity contribution in [2.45, 2.75) is 17.2 Å². The van der Waals surface area contributed by atoms with Gasteiger partial charge in [-0.2, -0.15) is 0 Å². The van der Waals surface area contributed by atoms with Gasteiger partial charge in [0.25, 0.3) is 11.8 Å². The number of anilines is 1. The Hall–Kier alpha value is -3.04. The van der Waals surface area contributed by atoms with Crippen molar-refractivity contribution >= 4 is 46.0 Å². The standard InChI is InChI=1S/C21H18N4O3S2/c26-17(13-25-18(27)15-10-4-5-11-16(15)19(25)28)22-20-23-24-21(30-20)29-12-6-9-14-7-2-1-3-8-14/h1-5,7-8,10-11H,6,9,12-13H2,(H,22,23,26). The fraction of sp³-hybridized carbons (Fsp3) is 0.190. The maximum absolute atomic E-state index is 12.3. The number of imide groups is 1. The highest BCUT2D eigenvalue weighted by molar-refractivity contribution is 8.01. The summed E-state index contributed by atoms with van der Waals surface area (Å²) < 4.78 is 0.763. The lowest BCUT2D eigenvalue weighted by atomic mass is 10.1. The molecule has 1 aliphatic rings. The molecular weight excluding hydrogens is 420 g/mol. The molecule has 0 unspecified atom stereocenters. The van der Waals surface area contributed by atoms with Crippen LogP contribution in [-0.2, 0) is 11.2 Å². The van der Waals surface area contributed by atoms with E-state index in [1.54, 1.807) is 36.0 Å². The summed E-state index contributed by atoms with van der Waals surface area (Å²) >= 11 is 2.86. The molecule has 152 valence electrons. The highest BCUT2D eigenvalue weighted by atomic mass is 32.2. The van der Waals surface area contributed by atoms with E-state index < -0.39 is 17.7 Å². The number of nitrogens with zero attached hydrogens (tertiary/aromatic N) is 3. The second kappa shape index (κ2) is 9.19. The van der Waals surface area contributed by atoms with Crippen LogP contribution in [0.4, 0.5) is 5.13 Å². The number of nitrogens with one attached hydrogen (secondary N) is 1. The van der Waals surface area contributed by atoms with E-state index in [2.05, 4.69) is 27.6 Å². The van der Waals surface area contributed by atoms with Crippen molar-refractivity contribution in [1.82, 2.24) is 15.1 Å². The Balaban J connectivity index is 1.25. The van der Waals surface area contributed by atoms with Crippen LogP contribution >= 0.6 is 23.1 Å². The van der Waals surface area contributed by atoms with Crippen LogP contribution in [0, 0.1) is 0 Å². The van der Waals surface area contributed by atoms with Gasteiger partial charge in [0.2, 0.25) is 11.0 Å². The molecule has 0 saturated heterocycles. The molecule has 30 heavy (non-hydrogen) atoms. The molecule has 9 heteroatoms. The third kappa shape index (κ3) is 4.58. The van der Waals surface area contributed by atoms with Gasteiger partial charge < -0.3 is 0 Å². The highest BCUT2D eigenvalue weighted by Crippen LogP contribution is 2.27. The second-order valence-corrected chi connectivity index (χ2v) is 8.92. The third-order valence-electron chi connectivity index (χ3n) is 4.51. The van der Waals surface area contributed by atoms with Crippen molar-refractivity contribution in [3.8, 4) is 0 Å². The number of carbonyl (C=O) groups is 3. The largest absolute Gasteiger partial charge is 0.299 e. The molecule has 0 fully saturated rings. The topological polar surface area (TPSA) is 92.3 Å². The van der Waals surface area contributed by atoms with Crippen LogP contribution in [0.2, 0.25) is 0 Å². The second-order valence-electron chi connectivity index (χ2n) is 6.60. The maximum Gasteiger partial charge on any atom is 0.262 e. The Kier molecular flexibility index (Phi) is 6.20. The van der Waals surface area contributed by atoms with Crippen LogP contribution in [0.15, 0.2) is 58.9 Å². The lowest BCUT2D eigenvalue weighted by Gasteiger charge is -2.12. The maximum atomic E-state index is 12.3. The van der Waals surface area contributed by atoms with Crippen molar-refractivity contribution in [2.75, 3.05) is 17.6 Å². The van der Waals surface area contributed by atoms with Crippen molar-refractivity contribution in [2.24, 2.45) is 0 Å².